The molecule has 1 saturated carbocycles. The van der Waals surface area contributed by atoms with E-state index in [1.54, 1.807) is 13.3 Å². The van der Waals surface area contributed by atoms with Crippen LogP contribution in [0.5, 0.6) is 5.88 Å². The third-order valence-electron chi connectivity index (χ3n) is 9.68. The average molecular weight is 629 g/mol. The van der Waals surface area contributed by atoms with Crippen molar-refractivity contribution in [2.24, 2.45) is 17.8 Å². The minimum absolute atomic E-state index is 0.0866. The molecule has 46 heavy (non-hydrogen) atoms. The summed E-state index contributed by atoms with van der Waals surface area (Å²) in [6, 6.07) is 18.8. The Bertz CT molecular complexity index is 2160. The number of hydrogen-bond donors (Lipinski definition) is 2. The molecule has 2 aliphatic heterocycles. The number of ether oxygens (including phenoxy) is 1. The van der Waals surface area contributed by atoms with Crippen LogP contribution >= 0.6 is 11.3 Å². The topological polar surface area (TPSA) is 110 Å². The van der Waals surface area contributed by atoms with Gasteiger partial charge in [0.2, 0.25) is 11.8 Å². The predicted molar refractivity (Wildman–Crippen MR) is 180 cm³/mol. The van der Waals surface area contributed by atoms with Gasteiger partial charge in [-0.25, -0.2) is 15.0 Å². The number of pyridine rings is 2. The van der Waals surface area contributed by atoms with Crippen molar-refractivity contribution in [3.63, 3.8) is 0 Å². The van der Waals surface area contributed by atoms with Crippen molar-refractivity contribution in [2.45, 2.75) is 13.1 Å². The van der Waals surface area contributed by atoms with Crippen LogP contribution in [0.15, 0.2) is 67.0 Å². The molecule has 230 valence electrons. The molecule has 9 rings (SSSR count). The standard InChI is InChI=1S/C35H32N8O2S/c1-42-17-24-25(18-42)33(24)34(44)41-35-40-28-14-23(22(15-30(28)46-35)21-6-8-38-32(13-21)45-2)27-11-20(5-7-37-27)19-3-4-26-29(12-19)43-10-9-36-16-31(43)39-26/h3-8,11-15,24-25,33,36H,9-10,16-18H2,1-2H3,(H,40,41,44)/t24-,25+,33?. The van der Waals surface area contributed by atoms with Crippen LogP contribution in [0.3, 0.4) is 0 Å². The van der Waals surface area contributed by atoms with Crippen LogP contribution in [0, 0.1) is 17.8 Å². The molecule has 0 radical (unpaired) electrons. The number of benzene rings is 2. The first-order chi connectivity index (χ1) is 22.5. The Morgan fingerprint density at radius 3 is 2.63 bits per heavy atom. The summed E-state index contributed by atoms with van der Waals surface area (Å²) >= 11 is 1.50. The molecule has 2 fully saturated rings. The van der Waals surface area contributed by atoms with E-state index in [-0.39, 0.29) is 11.8 Å². The zero-order valence-corrected chi connectivity index (χ0v) is 26.3. The summed E-state index contributed by atoms with van der Waals surface area (Å²) in [6.45, 7) is 4.62. The number of piperidine rings is 1. The van der Waals surface area contributed by atoms with E-state index in [9.17, 15) is 4.79 Å². The van der Waals surface area contributed by atoms with Crippen molar-refractivity contribution < 1.29 is 9.53 Å². The second-order valence-corrected chi connectivity index (χ2v) is 13.6. The van der Waals surface area contributed by atoms with Gasteiger partial charge in [-0.15, -0.1) is 0 Å². The van der Waals surface area contributed by atoms with Crippen LogP contribution in [0.25, 0.3) is 54.8 Å². The van der Waals surface area contributed by atoms with E-state index in [0.29, 0.717) is 22.8 Å². The number of thiazole rings is 1. The van der Waals surface area contributed by atoms with Crippen molar-refractivity contribution in [2.75, 3.05) is 39.1 Å². The minimum atomic E-state index is 0.0866. The molecule has 3 aliphatic rings. The maximum Gasteiger partial charge on any atom is 0.229 e. The number of aromatic nitrogens is 5. The van der Waals surface area contributed by atoms with E-state index in [0.717, 1.165) is 93.3 Å². The molecule has 3 atom stereocenters. The Kier molecular flexibility index (Phi) is 6.41. The molecule has 6 heterocycles. The first kappa shape index (κ1) is 27.6. The Balaban J connectivity index is 1.11. The first-order valence-corrected chi connectivity index (χ1v) is 16.4. The highest BCUT2D eigenvalue weighted by molar-refractivity contribution is 7.22. The summed E-state index contributed by atoms with van der Waals surface area (Å²) in [4.78, 5) is 34.3. The van der Waals surface area contributed by atoms with Crippen LogP contribution in [0.1, 0.15) is 5.82 Å². The molecular formula is C35H32N8O2S. The number of imidazole rings is 1. The fraction of sp³-hybridized carbons (Fsp3) is 0.286. The summed E-state index contributed by atoms with van der Waals surface area (Å²) in [7, 11) is 3.74. The van der Waals surface area contributed by atoms with E-state index < -0.39 is 0 Å². The number of carbonyl (C=O) groups excluding carboxylic acids is 1. The lowest BCUT2D eigenvalue weighted by Crippen LogP contribution is -2.28. The molecule has 4 aromatic heterocycles. The van der Waals surface area contributed by atoms with Crippen LogP contribution in [-0.4, -0.2) is 69.1 Å². The molecule has 1 unspecified atom stereocenters. The highest BCUT2D eigenvalue weighted by Crippen LogP contribution is 2.52. The second-order valence-electron chi connectivity index (χ2n) is 12.5. The summed E-state index contributed by atoms with van der Waals surface area (Å²) in [6.07, 6.45) is 3.62. The summed E-state index contributed by atoms with van der Waals surface area (Å²) in [5.41, 5.74) is 8.90. The van der Waals surface area contributed by atoms with Crippen molar-refractivity contribution >= 4 is 43.6 Å². The van der Waals surface area contributed by atoms with Crippen molar-refractivity contribution in [1.82, 2.24) is 34.7 Å². The third-order valence-corrected chi connectivity index (χ3v) is 10.6. The number of methoxy groups -OCH3 is 1. The fourth-order valence-corrected chi connectivity index (χ4v) is 8.26. The summed E-state index contributed by atoms with van der Waals surface area (Å²) in [5, 5.41) is 7.17. The molecule has 0 spiro atoms. The van der Waals surface area contributed by atoms with Crippen LogP contribution in [0.2, 0.25) is 0 Å². The highest BCUT2D eigenvalue weighted by atomic mass is 32.1. The zero-order valence-electron chi connectivity index (χ0n) is 25.5. The maximum absolute atomic E-state index is 13.1. The number of anilines is 1. The van der Waals surface area contributed by atoms with Gasteiger partial charge in [-0.2, -0.15) is 0 Å². The largest absolute Gasteiger partial charge is 0.481 e. The van der Waals surface area contributed by atoms with Gasteiger partial charge in [0.25, 0.3) is 0 Å². The monoisotopic (exact) mass is 628 g/mol. The summed E-state index contributed by atoms with van der Waals surface area (Å²) < 4.78 is 8.77. The lowest BCUT2D eigenvalue weighted by atomic mass is 9.96. The number of amides is 1. The first-order valence-electron chi connectivity index (χ1n) is 15.6. The van der Waals surface area contributed by atoms with Gasteiger partial charge < -0.3 is 24.8 Å². The van der Waals surface area contributed by atoms with Crippen molar-refractivity contribution in [1.29, 1.82) is 0 Å². The number of fused-ring (bicyclic) bond motifs is 5. The molecule has 11 heteroatoms. The molecule has 6 aromatic rings. The molecule has 2 N–H and O–H groups in total. The van der Waals surface area contributed by atoms with Gasteiger partial charge in [-0.05, 0) is 83.6 Å². The van der Waals surface area contributed by atoms with E-state index in [4.69, 9.17) is 19.7 Å². The Morgan fingerprint density at radius 2 is 1.76 bits per heavy atom. The van der Waals surface area contributed by atoms with Gasteiger partial charge in [-0.3, -0.25) is 9.78 Å². The molecule has 0 bridgehead atoms. The van der Waals surface area contributed by atoms with Crippen LogP contribution < -0.4 is 15.4 Å². The Labute approximate surface area is 269 Å². The minimum Gasteiger partial charge on any atom is -0.481 e. The lowest BCUT2D eigenvalue weighted by Gasteiger charge is -2.15. The molecule has 1 saturated heterocycles. The summed E-state index contributed by atoms with van der Waals surface area (Å²) in [5.74, 6) is 2.73. The smallest absolute Gasteiger partial charge is 0.229 e. The van der Waals surface area contributed by atoms with Crippen LogP contribution in [0.4, 0.5) is 5.13 Å². The lowest BCUT2D eigenvalue weighted by molar-refractivity contribution is -0.118. The Hall–Kier alpha value is -4.71. The number of rotatable bonds is 6. The predicted octanol–water partition coefficient (Wildman–Crippen LogP) is 5.29. The van der Waals surface area contributed by atoms with Gasteiger partial charge in [0.05, 0.1) is 40.6 Å². The maximum atomic E-state index is 13.1. The Morgan fingerprint density at radius 1 is 0.935 bits per heavy atom. The number of carbonyl (C=O) groups is 1. The van der Waals surface area contributed by atoms with E-state index in [1.165, 1.54) is 11.3 Å². The van der Waals surface area contributed by atoms with E-state index in [1.807, 2.05) is 18.3 Å². The average Bonchev–Trinajstić information content (AvgIpc) is 3.38. The van der Waals surface area contributed by atoms with Crippen molar-refractivity contribution in [3.05, 3.63) is 72.8 Å². The molecule has 1 amide bonds. The van der Waals surface area contributed by atoms with Gasteiger partial charge in [0.15, 0.2) is 5.13 Å². The van der Waals surface area contributed by atoms with E-state index >= 15 is 0 Å². The highest BCUT2D eigenvalue weighted by Gasteiger charge is 2.58. The molecule has 1 aliphatic carbocycles. The SMILES string of the molecule is COc1cc(-c2cc3sc(NC(=O)C4[C@H]5CN(C)C[C@@H]45)nc3cc2-c2cc(-c3ccc4nc5n(c4c3)CCNC5)ccn2)ccn1. The number of nitrogens with one attached hydrogen (secondary N) is 2. The van der Waals surface area contributed by atoms with Gasteiger partial charge in [0.1, 0.15) is 5.82 Å². The second kappa shape index (κ2) is 10.7. The number of nitrogens with zero attached hydrogens (tertiary/aromatic N) is 6. The third kappa shape index (κ3) is 4.65. The number of hydrogen-bond acceptors (Lipinski definition) is 9. The van der Waals surface area contributed by atoms with E-state index in [2.05, 4.69) is 74.6 Å². The molecule has 10 nitrogen and oxygen atoms in total. The molecule has 2 aromatic carbocycles. The van der Waals surface area contributed by atoms with Gasteiger partial charge in [0, 0.05) is 56.1 Å². The number of likely N-dealkylation sites (tertiary alicyclic amines) is 1. The van der Waals surface area contributed by atoms with Gasteiger partial charge >= 0.3 is 0 Å². The zero-order chi connectivity index (χ0) is 30.9. The fourth-order valence-electron chi connectivity index (χ4n) is 7.37. The van der Waals surface area contributed by atoms with Crippen LogP contribution in [-0.2, 0) is 17.9 Å². The van der Waals surface area contributed by atoms with Crippen molar-refractivity contribution in [3.8, 4) is 39.4 Å². The van der Waals surface area contributed by atoms with Gasteiger partial charge in [-0.1, -0.05) is 17.4 Å². The quantitative estimate of drug-likeness (QED) is 0.256. The normalized spacial score (nSPS) is 20.5. The molecular weight excluding hydrogens is 597 g/mol.